The van der Waals surface area contributed by atoms with Gasteiger partial charge in [-0.15, -0.1) is 0 Å². The second-order valence-electron chi connectivity index (χ2n) is 3.78. The average Bonchev–Trinajstić information content (AvgIpc) is 2.35. The number of hydrogen-bond donors (Lipinski definition) is 2. The molecule has 3 N–H and O–H groups in total. The van der Waals surface area contributed by atoms with Crippen molar-refractivity contribution in [2.24, 2.45) is 0 Å². The molecule has 0 saturated heterocycles. The fourth-order valence-electron chi connectivity index (χ4n) is 1.54. The smallest absolute Gasteiger partial charge is 0.150 e. The average molecular weight is 324 g/mol. The number of nitriles is 1. The summed E-state index contributed by atoms with van der Waals surface area (Å²) in [6, 6.07) is 8.64. The summed E-state index contributed by atoms with van der Waals surface area (Å²) in [5.74, 6) is -1.48. The van der Waals surface area contributed by atoms with E-state index in [2.05, 4.69) is 21.2 Å². The maximum Gasteiger partial charge on any atom is 0.150 e. The van der Waals surface area contributed by atoms with Gasteiger partial charge in [0, 0.05) is 4.47 Å². The number of nitrogens with zero attached hydrogens (tertiary/aromatic N) is 1. The number of halogens is 3. The zero-order valence-corrected chi connectivity index (χ0v) is 11.1. The van der Waals surface area contributed by atoms with Crippen LogP contribution in [0.4, 0.5) is 25.8 Å². The van der Waals surface area contributed by atoms with E-state index in [9.17, 15) is 8.78 Å². The molecule has 3 nitrogen and oxygen atoms in total. The van der Waals surface area contributed by atoms with E-state index in [1.165, 1.54) is 18.2 Å². The first-order valence-electron chi connectivity index (χ1n) is 5.22. The third-order valence-electron chi connectivity index (χ3n) is 2.45. The van der Waals surface area contributed by atoms with Crippen LogP contribution in [0.3, 0.4) is 0 Å². The van der Waals surface area contributed by atoms with Gasteiger partial charge in [-0.1, -0.05) is 15.9 Å². The fraction of sp³-hybridized carbons (Fsp3) is 0. The fourth-order valence-corrected chi connectivity index (χ4v) is 1.94. The summed E-state index contributed by atoms with van der Waals surface area (Å²) in [7, 11) is 0. The summed E-state index contributed by atoms with van der Waals surface area (Å²) in [5.41, 5.74) is 6.36. The van der Waals surface area contributed by atoms with Gasteiger partial charge in [-0.25, -0.2) is 8.78 Å². The lowest BCUT2D eigenvalue weighted by molar-refractivity contribution is 0.589. The number of nitrogens with two attached hydrogens (primary N) is 1. The molecule has 0 saturated carbocycles. The highest BCUT2D eigenvalue weighted by atomic mass is 79.9. The van der Waals surface area contributed by atoms with Crippen LogP contribution in [0.2, 0.25) is 0 Å². The van der Waals surface area contributed by atoms with Crippen molar-refractivity contribution in [1.29, 1.82) is 5.26 Å². The number of anilines is 3. The van der Waals surface area contributed by atoms with Crippen molar-refractivity contribution in [2.45, 2.75) is 0 Å². The van der Waals surface area contributed by atoms with Crippen molar-refractivity contribution >= 4 is 33.0 Å². The zero-order chi connectivity index (χ0) is 14.0. The number of hydrogen-bond acceptors (Lipinski definition) is 3. The minimum atomic E-state index is -0.740. The topological polar surface area (TPSA) is 61.8 Å². The van der Waals surface area contributed by atoms with Gasteiger partial charge < -0.3 is 11.1 Å². The first-order valence-corrected chi connectivity index (χ1v) is 6.01. The number of nitrogen functional groups attached to an aromatic ring is 1. The largest absolute Gasteiger partial charge is 0.397 e. The highest BCUT2D eigenvalue weighted by Gasteiger charge is 2.12. The molecule has 0 aromatic heterocycles. The van der Waals surface area contributed by atoms with Crippen LogP contribution >= 0.6 is 15.9 Å². The summed E-state index contributed by atoms with van der Waals surface area (Å²) < 4.78 is 27.6. The van der Waals surface area contributed by atoms with Crippen molar-refractivity contribution in [3.05, 3.63) is 52.0 Å². The highest BCUT2D eigenvalue weighted by Crippen LogP contribution is 2.29. The van der Waals surface area contributed by atoms with E-state index in [0.29, 0.717) is 15.7 Å². The lowest BCUT2D eigenvalue weighted by Crippen LogP contribution is -2.01. The minimum Gasteiger partial charge on any atom is -0.397 e. The molecule has 0 aliphatic heterocycles. The molecule has 0 unspecified atom stereocenters. The summed E-state index contributed by atoms with van der Waals surface area (Å²) in [4.78, 5) is 0. The number of nitrogens with one attached hydrogen (secondary N) is 1. The Morgan fingerprint density at radius 3 is 2.32 bits per heavy atom. The Kier molecular flexibility index (Phi) is 3.67. The van der Waals surface area contributed by atoms with Crippen LogP contribution in [0.5, 0.6) is 0 Å². The van der Waals surface area contributed by atoms with Crippen LogP contribution in [-0.4, -0.2) is 0 Å². The van der Waals surface area contributed by atoms with Gasteiger partial charge in [-0.3, -0.25) is 0 Å². The molecular formula is C13H8BrF2N3. The van der Waals surface area contributed by atoms with Crippen molar-refractivity contribution in [3.8, 4) is 6.07 Å². The van der Waals surface area contributed by atoms with E-state index in [1.54, 1.807) is 0 Å². The van der Waals surface area contributed by atoms with Crippen LogP contribution in [0.25, 0.3) is 0 Å². The van der Waals surface area contributed by atoms with Gasteiger partial charge in [0.1, 0.15) is 5.69 Å². The maximum absolute atomic E-state index is 13.6. The predicted octanol–water partition coefficient (Wildman–Crippen LogP) is 3.92. The minimum absolute atomic E-state index is 0.237. The molecule has 0 atom stereocenters. The summed E-state index contributed by atoms with van der Waals surface area (Å²) in [5, 5.41) is 11.3. The van der Waals surface area contributed by atoms with E-state index >= 15 is 0 Å². The Hall–Kier alpha value is -2.13. The third-order valence-corrected chi connectivity index (χ3v) is 2.91. The third kappa shape index (κ3) is 2.83. The molecule has 19 heavy (non-hydrogen) atoms. The monoisotopic (exact) mass is 323 g/mol. The molecule has 6 heteroatoms. The van der Waals surface area contributed by atoms with Gasteiger partial charge in [0.05, 0.1) is 23.0 Å². The quantitative estimate of drug-likeness (QED) is 0.823. The Labute approximate surface area is 116 Å². The normalized spacial score (nSPS) is 10.0. The lowest BCUT2D eigenvalue weighted by atomic mass is 10.2. The lowest BCUT2D eigenvalue weighted by Gasteiger charge is -2.11. The van der Waals surface area contributed by atoms with E-state index < -0.39 is 11.6 Å². The summed E-state index contributed by atoms with van der Waals surface area (Å²) >= 11 is 3.00. The molecule has 2 rings (SSSR count). The molecule has 0 aliphatic carbocycles. The number of benzene rings is 2. The first kappa shape index (κ1) is 13.3. The van der Waals surface area contributed by atoms with Crippen LogP contribution in [0.15, 0.2) is 34.8 Å². The molecule has 0 bridgehead atoms. The maximum atomic E-state index is 13.6. The zero-order valence-electron chi connectivity index (χ0n) is 9.55. The van der Waals surface area contributed by atoms with Crippen LogP contribution in [0, 0.1) is 23.0 Å². The molecule has 2 aromatic rings. The van der Waals surface area contributed by atoms with E-state index in [0.717, 1.165) is 12.1 Å². The van der Waals surface area contributed by atoms with Crippen LogP contribution < -0.4 is 11.1 Å². The molecule has 0 heterocycles. The van der Waals surface area contributed by atoms with Crippen LogP contribution in [0.1, 0.15) is 5.56 Å². The van der Waals surface area contributed by atoms with Gasteiger partial charge in [-0.2, -0.15) is 5.26 Å². The summed E-state index contributed by atoms with van der Waals surface area (Å²) in [6.07, 6.45) is 0. The molecule has 2 aromatic carbocycles. The Bertz CT molecular complexity index is 657. The van der Waals surface area contributed by atoms with Crippen molar-refractivity contribution < 1.29 is 8.78 Å². The summed E-state index contributed by atoms with van der Waals surface area (Å²) in [6.45, 7) is 0. The van der Waals surface area contributed by atoms with Gasteiger partial charge in [0.25, 0.3) is 0 Å². The van der Waals surface area contributed by atoms with E-state index in [1.807, 2.05) is 6.07 Å². The molecule has 0 amide bonds. The van der Waals surface area contributed by atoms with Gasteiger partial charge in [0.2, 0.25) is 0 Å². The standard InChI is InChI=1S/C13H8BrF2N3/c14-8-4-9(15)13(10(16)5-8)19-12-2-1-7(6-17)3-11(12)18/h1-5,19H,18H2. The van der Waals surface area contributed by atoms with Crippen molar-refractivity contribution in [2.75, 3.05) is 11.1 Å². The Morgan fingerprint density at radius 1 is 1.16 bits per heavy atom. The van der Waals surface area contributed by atoms with Gasteiger partial charge in [0.15, 0.2) is 11.6 Å². The molecular weight excluding hydrogens is 316 g/mol. The molecule has 0 spiro atoms. The van der Waals surface area contributed by atoms with Crippen molar-refractivity contribution in [3.63, 3.8) is 0 Å². The van der Waals surface area contributed by atoms with Crippen LogP contribution in [-0.2, 0) is 0 Å². The number of rotatable bonds is 2. The van der Waals surface area contributed by atoms with Gasteiger partial charge in [-0.05, 0) is 30.3 Å². The molecule has 0 radical (unpaired) electrons. The van der Waals surface area contributed by atoms with E-state index in [4.69, 9.17) is 11.0 Å². The second-order valence-corrected chi connectivity index (χ2v) is 4.70. The SMILES string of the molecule is N#Cc1ccc(Nc2c(F)cc(Br)cc2F)c(N)c1. The molecule has 0 fully saturated rings. The highest BCUT2D eigenvalue weighted by molar-refractivity contribution is 9.10. The second kappa shape index (κ2) is 5.24. The molecule has 96 valence electrons. The predicted molar refractivity (Wildman–Crippen MR) is 72.9 cm³/mol. The first-order chi connectivity index (χ1) is 9.01. The Morgan fingerprint density at radius 2 is 1.79 bits per heavy atom. The van der Waals surface area contributed by atoms with E-state index in [-0.39, 0.29) is 11.4 Å². The van der Waals surface area contributed by atoms with Gasteiger partial charge >= 0.3 is 0 Å². The Balaban J connectivity index is 2.40. The van der Waals surface area contributed by atoms with Crippen molar-refractivity contribution in [1.82, 2.24) is 0 Å². The molecule has 0 aliphatic rings.